The quantitative estimate of drug-likeness (QED) is 0.669. The van der Waals surface area contributed by atoms with Crippen LogP contribution in [-0.4, -0.2) is 24.1 Å². The number of aromatic amines is 1. The maximum Gasteiger partial charge on any atom is 0.220 e. The molecule has 0 aromatic carbocycles. The lowest BCUT2D eigenvalue weighted by Gasteiger charge is -2.03. The molecule has 1 heterocycles. The van der Waals surface area contributed by atoms with Crippen LogP contribution in [0.2, 0.25) is 0 Å². The van der Waals surface area contributed by atoms with Crippen molar-refractivity contribution in [2.75, 3.05) is 13.2 Å². The van der Waals surface area contributed by atoms with E-state index in [2.05, 4.69) is 10.3 Å². The van der Waals surface area contributed by atoms with Crippen LogP contribution >= 0.6 is 0 Å². The lowest BCUT2D eigenvalue weighted by Crippen LogP contribution is -2.22. The molecule has 0 unspecified atom stereocenters. The van der Waals surface area contributed by atoms with Gasteiger partial charge in [0.2, 0.25) is 5.91 Å². The van der Waals surface area contributed by atoms with Crippen LogP contribution in [0.1, 0.15) is 25.3 Å². The molecule has 0 saturated carbocycles. The van der Waals surface area contributed by atoms with Gasteiger partial charge < -0.3 is 15.0 Å². The second-order valence-corrected chi connectivity index (χ2v) is 3.30. The van der Waals surface area contributed by atoms with Crippen LogP contribution in [0.15, 0.2) is 18.5 Å². The second-order valence-electron chi connectivity index (χ2n) is 3.30. The molecule has 1 aromatic rings. The van der Waals surface area contributed by atoms with Gasteiger partial charge in [0.25, 0.3) is 0 Å². The van der Waals surface area contributed by atoms with Gasteiger partial charge in [-0.25, -0.2) is 0 Å². The van der Waals surface area contributed by atoms with Crippen molar-refractivity contribution in [3.63, 3.8) is 0 Å². The van der Waals surface area contributed by atoms with Gasteiger partial charge in [-0.2, -0.15) is 0 Å². The molecule has 15 heavy (non-hydrogen) atoms. The minimum atomic E-state index is 0.0795. The van der Waals surface area contributed by atoms with Crippen LogP contribution in [0.25, 0.3) is 0 Å². The highest BCUT2D eigenvalue weighted by atomic mass is 16.5. The van der Waals surface area contributed by atoms with Crippen LogP contribution in [0.3, 0.4) is 0 Å². The Morgan fingerprint density at radius 1 is 1.60 bits per heavy atom. The van der Waals surface area contributed by atoms with E-state index in [0.717, 1.165) is 12.0 Å². The Balaban J connectivity index is 2.04. The Morgan fingerprint density at radius 2 is 2.47 bits per heavy atom. The van der Waals surface area contributed by atoms with Gasteiger partial charge in [-0.15, -0.1) is 0 Å². The number of hydrogen-bond donors (Lipinski definition) is 2. The zero-order valence-corrected chi connectivity index (χ0v) is 9.08. The summed E-state index contributed by atoms with van der Waals surface area (Å²) in [5, 5.41) is 2.85. The number of ether oxygens (including phenoxy) is 1. The molecule has 0 saturated heterocycles. The van der Waals surface area contributed by atoms with Crippen molar-refractivity contribution in [2.24, 2.45) is 0 Å². The molecular weight excluding hydrogens is 192 g/mol. The van der Waals surface area contributed by atoms with Crippen molar-refractivity contribution in [1.29, 1.82) is 0 Å². The highest BCUT2D eigenvalue weighted by Crippen LogP contribution is 1.96. The Bertz CT molecular complexity index is 270. The first-order valence-electron chi connectivity index (χ1n) is 5.29. The lowest BCUT2D eigenvalue weighted by atomic mass is 10.3. The van der Waals surface area contributed by atoms with E-state index in [1.165, 1.54) is 0 Å². The van der Waals surface area contributed by atoms with Crippen molar-refractivity contribution >= 4 is 5.91 Å². The summed E-state index contributed by atoms with van der Waals surface area (Å²) in [4.78, 5) is 14.3. The van der Waals surface area contributed by atoms with Gasteiger partial charge in [-0.05, 0) is 25.0 Å². The van der Waals surface area contributed by atoms with Gasteiger partial charge in [0.05, 0.1) is 0 Å². The molecular formula is C11H18N2O2. The third-order valence-electron chi connectivity index (χ3n) is 2.05. The molecule has 0 fully saturated rings. The summed E-state index contributed by atoms with van der Waals surface area (Å²) in [6.07, 6.45) is 5.04. The smallest absolute Gasteiger partial charge is 0.220 e. The van der Waals surface area contributed by atoms with Gasteiger partial charge in [0.15, 0.2) is 0 Å². The molecule has 0 aliphatic rings. The predicted molar refractivity (Wildman–Crippen MR) is 58.4 cm³/mol. The minimum absolute atomic E-state index is 0.0795. The number of H-pyrrole nitrogens is 1. The molecule has 1 rings (SSSR count). The van der Waals surface area contributed by atoms with Gasteiger partial charge in [-0.1, -0.05) is 0 Å². The van der Waals surface area contributed by atoms with Crippen LogP contribution in [-0.2, 0) is 16.1 Å². The van der Waals surface area contributed by atoms with Crippen LogP contribution in [0, 0.1) is 0 Å². The normalized spacial score (nSPS) is 10.2. The van der Waals surface area contributed by atoms with Crippen molar-refractivity contribution in [3.05, 3.63) is 24.0 Å². The van der Waals surface area contributed by atoms with Crippen molar-refractivity contribution in [2.45, 2.75) is 26.3 Å². The first-order chi connectivity index (χ1) is 7.33. The number of amides is 1. The van der Waals surface area contributed by atoms with E-state index in [-0.39, 0.29) is 5.91 Å². The summed E-state index contributed by atoms with van der Waals surface area (Å²) in [5.41, 5.74) is 1.09. The van der Waals surface area contributed by atoms with Gasteiger partial charge in [0.1, 0.15) is 0 Å². The zero-order chi connectivity index (χ0) is 10.9. The third kappa shape index (κ3) is 5.22. The first kappa shape index (κ1) is 11.8. The standard InChI is InChI=1S/C11H18N2O2/c1-2-15-7-3-4-11(14)13-9-10-5-6-12-8-10/h5-6,8,12H,2-4,7,9H2,1H3,(H,13,14). The largest absolute Gasteiger partial charge is 0.382 e. The van der Waals surface area contributed by atoms with Gasteiger partial charge in [-0.3, -0.25) is 4.79 Å². The van der Waals surface area contributed by atoms with E-state index in [1.807, 2.05) is 25.4 Å². The lowest BCUT2D eigenvalue weighted by molar-refractivity contribution is -0.121. The third-order valence-corrected chi connectivity index (χ3v) is 2.05. The molecule has 84 valence electrons. The Morgan fingerprint density at radius 3 is 3.13 bits per heavy atom. The molecule has 0 spiro atoms. The molecule has 0 radical (unpaired) electrons. The molecule has 4 heteroatoms. The van der Waals surface area contributed by atoms with E-state index in [9.17, 15) is 4.79 Å². The Kier molecular flexibility index (Phi) is 5.55. The van der Waals surface area contributed by atoms with E-state index in [1.54, 1.807) is 0 Å². The summed E-state index contributed by atoms with van der Waals surface area (Å²) in [6, 6.07) is 1.94. The summed E-state index contributed by atoms with van der Waals surface area (Å²) in [5.74, 6) is 0.0795. The fourth-order valence-corrected chi connectivity index (χ4v) is 1.24. The summed E-state index contributed by atoms with van der Waals surface area (Å²) in [7, 11) is 0. The summed E-state index contributed by atoms with van der Waals surface area (Å²) < 4.78 is 5.15. The summed E-state index contributed by atoms with van der Waals surface area (Å²) in [6.45, 7) is 3.92. The highest BCUT2D eigenvalue weighted by molar-refractivity contribution is 5.75. The molecule has 0 atom stereocenters. The molecule has 1 aromatic heterocycles. The molecule has 1 amide bonds. The fraction of sp³-hybridized carbons (Fsp3) is 0.545. The summed E-state index contributed by atoms with van der Waals surface area (Å²) >= 11 is 0. The highest BCUT2D eigenvalue weighted by Gasteiger charge is 2.00. The molecule has 4 nitrogen and oxygen atoms in total. The Labute approximate surface area is 90.0 Å². The number of hydrogen-bond acceptors (Lipinski definition) is 2. The van der Waals surface area contributed by atoms with E-state index in [4.69, 9.17) is 4.74 Å². The Hall–Kier alpha value is -1.29. The fourth-order valence-electron chi connectivity index (χ4n) is 1.24. The SMILES string of the molecule is CCOCCCC(=O)NCc1cc[nH]c1. The minimum Gasteiger partial charge on any atom is -0.382 e. The number of rotatable bonds is 7. The van der Waals surface area contributed by atoms with Crippen LogP contribution in [0.4, 0.5) is 0 Å². The average molecular weight is 210 g/mol. The number of carbonyl (C=O) groups excluding carboxylic acids is 1. The number of aromatic nitrogens is 1. The van der Waals surface area contributed by atoms with Gasteiger partial charge >= 0.3 is 0 Å². The van der Waals surface area contributed by atoms with Crippen molar-refractivity contribution in [3.8, 4) is 0 Å². The van der Waals surface area contributed by atoms with E-state index < -0.39 is 0 Å². The van der Waals surface area contributed by atoms with Crippen LogP contribution in [0.5, 0.6) is 0 Å². The topological polar surface area (TPSA) is 54.1 Å². The van der Waals surface area contributed by atoms with Crippen molar-refractivity contribution < 1.29 is 9.53 Å². The maximum absolute atomic E-state index is 11.3. The first-order valence-corrected chi connectivity index (χ1v) is 5.29. The van der Waals surface area contributed by atoms with Crippen molar-refractivity contribution in [1.82, 2.24) is 10.3 Å². The average Bonchev–Trinajstić information content (AvgIpc) is 2.74. The number of carbonyl (C=O) groups is 1. The zero-order valence-electron chi connectivity index (χ0n) is 9.08. The predicted octanol–water partition coefficient (Wildman–Crippen LogP) is 1.45. The van der Waals surface area contributed by atoms with Gasteiger partial charge in [0, 0.05) is 38.6 Å². The second kappa shape index (κ2) is 7.06. The molecule has 0 bridgehead atoms. The number of nitrogens with one attached hydrogen (secondary N) is 2. The van der Waals surface area contributed by atoms with E-state index in [0.29, 0.717) is 26.2 Å². The van der Waals surface area contributed by atoms with Crippen LogP contribution < -0.4 is 5.32 Å². The molecule has 0 aliphatic heterocycles. The van der Waals surface area contributed by atoms with E-state index >= 15 is 0 Å². The molecule has 2 N–H and O–H groups in total. The molecule has 0 aliphatic carbocycles. The maximum atomic E-state index is 11.3. The monoisotopic (exact) mass is 210 g/mol.